The molecule has 0 unspecified atom stereocenters. The van der Waals surface area contributed by atoms with Crippen molar-refractivity contribution in [2.75, 3.05) is 38.7 Å². The van der Waals surface area contributed by atoms with Gasteiger partial charge in [-0.05, 0) is 35.9 Å². The molecular weight excluding hydrogens is 446 g/mol. The van der Waals surface area contributed by atoms with Crippen molar-refractivity contribution in [2.45, 2.75) is 11.5 Å². The molecule has 0 saturated carbocycles. The van der Waals surface area contributed by atoms with Gasteiger partial charge in [-0.15, -0.1) is 0 Å². The van der Waals surface area contributed by atoms with Crippen LogP contribution in [0.1, 0.15) is 5.56 Å². The lowest BCUT2D eigenvalue weighted by Crippen LogP contribution is -2.40. The second-order valence-electron chi connectivity index (χ2n) is 6.65. The van der Waals surface area contributed by atoms with Gasteiger partial charge in [-0.1, -0.05) is 12.1 Å². The van der Waals surface area contributed by atoms with Gasteiger partial charge in [-0.25, -0.2) is 8.42 Å². The van der Waals surface area contributed by atoms with Crippen LogP contribution in [0.4, 0.5) is 14.5 Å². The van der Waals surface area contributed by atoms with E-state index in [2.05, 4.69) is 10.1 Å². The summed E-state index contributed by atoms with van der Waals surface area (Å²) >= 11 is 0. The summed E-state index contributed by atoms with van der Waals surface area (Å²) in [6.07, 6.45) is 2.74. The molecule has 1 aliphatic rings. The third-order valence-electron chi connectivity index (χ3n) is 4.56. The summed E-state index contributed by atoms with van der Waals surface area (Å²) in [5.41, 5.74) is 0.848. The second kappa shape index (κ2) is 10.5. The lowest BCUT2D eigenvalue weighted by molar-refractivity contribution is -0.111. The lowest BCUT2D eigenvalue weighted by atomic mass is 10.2. The molecule has 172 valence electrons. The maximum atomic E-state index is 12.6. The number of hydrogen-bond acceptors (Lipinski definition) is 6. The average Bonchev–Trinajstić information content (AvgIpc) is 2.78. The number of carbonyl (C=O) groups excluding carboxylic acids is 1. The van der Waals surface area contributed by atoms with E-state index in [-0.39, 0.29) is 22.1 Å². The molecule has 1 fully saturated rings. The SMILES string of the molecule is COc1ccc(NC(=O)/C=C/c2ccc(S(=O)(=O)N3CCOCC3)cc2)cc1OC(F)F. The summed E-state index contributed by atoms with van der Waals surface area (Å²) in [5.74, 6) is -0.615. The normalized spacial score (nSPS) is 15.1. The minimum atomic E-state index is -3.59. The summed E-state index contributed by atoms with van der Waals surface area (Å²) in [6, 6.07) is 10.2. The number of rotatable bonds is 8. The Labute approximate surface area is 184 Å². The van der Waals surface area contributed by atoms with Gasteiger partial charge in [-0.2, -0.15) is 13.1 Å². The summed E-state index contributed by atoms with van der Waals surface area (Å²) < 4.78 is 66.2. The van der Waals surface area contributed by atoms with Gasteiger partial charge in [0, 0.05) is 30.9 Å². The highest BCUT2D eigenvalue weighted by molar-refractivity contribution is 7.89. The number of halogens is 2. The van der Waals surface area contributed by atoms with E-state index < -0.39 is 22.5 Å². The van der Waals surface area contributed by atoms with E-state index in [1.807, 2.05) is 0 Å². The zero-order valence-corrected chi connectivity index (χ0v) is 18.0. The summed E-state index contributed by atoms with van der Waals surface area (Å²) in [6.45, 7) is -1.71. The van der Waals surface area contributed by atoms with Crippen LogP contribution in [0.5, 0.6) is 11.5 Å². The molecule has 11 heteroatoms. The molecule has 1 amide bonds. The van der Waals surface area contributed by atoms with E-state index in [1.54, 1.807) is 12.1 Å². The molecule has 1 heterocycles. The number of carbonyl (C=O) groups is 1. The molecule has 0 spiro atoms. The Hall–Kier alpha value is -3.02. The number of amides is 1. The highest BCUT2D eigenvalue weighted by atomic mass is 32.2. The Morgan fingerprint density at radius 2 is 1.81 bits per heavy atom. The van der Waals surface area contributed by atoms with Crippen molar-refractivity contribution in [3.63, 3.8) is 0 Å². The molecule has 1 aliphatic heterocycles. The largest absolute Gasteiger partial charge is 0.493 e. The van der Waals surface area contributed by atoms with E-state index in [0.717, 1.165) is 0 Å². The van der Waals surface area contributed by atoms with Gasteiger partial charge in [0.25, 0.3) is 0 Å². The molecular formula is C21H22F2N2O6S. The summed E-state index contributed by atoms with van der Waals surface area (Å²) in [4.78, 5) is 12.3. The van der Waals surface area contributed by atoms with Crippen LogP contribution in [0, 0.1) is 0 Å². The topological polar surface area (TPSA) is 94.2 Å². The molecule has 2 aromatic carbocycles. The number of anilines is 1. The first-order valence-electron chi connectivity index (χ1n) is 9.59. The van der Waals surface area contributed by atoms with Gasteiger partial charge in [0.05, 0.1) is 25.2 Å². The van der Waals surface area contributed by atoms with Crippen molar-refractivity contribution in [3.05, 3.63) is 54.1 Å². The van der Waals surface area contributed by atoms with Crippen molar-refractivity contribution in [3.8, 4) is 11.5 Å². The average molecular weight is 468 g/mol. The van der Waals surface area contributed by atoms with Gasteiger partial charge < -0.3 is 19.5 Å². The second-order valence-corrected chi connectivity index (χ2v) is 8.59. The fourth-order valence-corrected chi connectivity index (χ4v) is 4.39. The molecule has 0 atom stereocenters. The molecule has 0 aliphatic carbocycles. The van der Waals surface area contributed by atoms with Crippen molar-refractivity contribution in [1.82, 2.24) is 4.31 Å². The quantitative estimate of drug-likeness (QED) is 0.599. The van der Waals surface area contributed by atoms with E-state index in [0.29, 0.717) is 31.9 Å². The van der Waals surface area contributed by atoms with Gasteiger partial charge in [0.2, 0.25) is 15.9 Å². The Kier molecular flexibility index (Phi) is 7.78. The predicted molar refractivity (Wildman–Crippen MR) is 113 cm³/mol. The number of morpholine rings is 1. The smallest absolute Gasteiger partial charge is 0.387 e. The van der Waals surface area contributed by atoms with Crippen molar-refractivity contribution in [1.29, 1.82) is 0 Å². The van der Waals surface area contributed by atoms with E-state index in [1.165, 1.54) is 53.9 Å². The third-order valence-corrected chi connectivity index (χ3v) is 6.48. The van der Waals surface area contributed by atoms with Crippen LogP contribution in [0.15, 0.2) is 53.4 Å². The molecule has 8 nitrogen and oxygen atoms in total. The summed E-state index contributed by atoms with van der Waals surface area (Å²) in [7, 11) is -2.28. The highest BCUT2D eigenvalue weighted by Gasteiger charge is 2.25. The Balaban J connectivity index is 1.64. The first-order valence-corrected chi connectivity index (χ1v) is 11.0. The van der Waals surface area contributed by atoms with Crippen molar-refractivity contribution in [2.24, 2.45) is 0 Å². The number of methoxy groups -OCH3 is 1. The number of nitrogens with one attached hydrogen (secondary N) is 1. The van der Waals surface area contributed by atoms with Crippen LogP contribution in [0.2, 0.25) is 0 Å². The minimum Gasteiger partial charge on any atom is -0.493 e. The number of ether oxygens (including phenoxy) is 3. The predicted octanol–water partition coefficient (Wildman–Crippen LogP) is 2.97. The maximum absolute atomic E-state index is 12.6. The fourth-order valence-electron chi connectivity index (χ4n) is 2.99. The standard InChI is InChI=1S/C21H22F2N2O6S/c1-29-18-8-5-16(14-19(18)31-21(22)23)24-20(26)9-4-15-2-6-17(7-3-15)32(27,28)25-10-12-30-13-11-25/h2-9,14,21H,10-13H2,1H3,(H,24,26)/b9-4+. The molecule has 1 saturated heterocycles. The van der Waals surface area contributed by atoms with Crippen molar-refractivity contribution < 1.29 is 36.2 Å². The molecule has 0 aromatic heterocycles. The zero-order chi connectivity index (χ0) is 23.1. The van der Waals surface area contributed by atoms with E-state index in [4.69, 9.17) is 9.47 Å². The van der Waals surface area contributed by atoms with Gasteiger partial charge in [0.1, 0.15) is 0 Å². The molecule has 2 aromatic rings. The lowest BCUT2D eigenvalue weighted by Gasteiger charge is -2.26. The monoisotopic (exact) mass is 468 g/mol. The third kappa shape index (κ3) is 6.02. The molecule has 3 rings (SSSR count). The molecule has 32 heavy (non-hydrogen) atoms. The van der Waals surface area contributed by atoms with Crippen LogP contribution in [0.25, 0.3) is 6.08 Å². The van der Waals surface area contributed by atoms with Gasteiger partial charge in [-0.3, -0.25) is 4.79 Å². The van der Waals surface area contributed by atoms with Gasteiger partial charge in [0.15, 0.2) is 11.5 Å². The first-order chi connectivity index (χ1) is 15.3. The summed E-state index contributed by atoms with van der Waals surface area (Å²) in [5, 5.41) is 2.54. The van der Waals surface area contributed by atoms with E-state index >= 15 is 0 Å². The van der Waals surface area contributed by atoms with Gasteiger partial charge >= 0.3 is 6.61 Å². The maximum Gasteiger partial charge on any atom is 0.387 e. The number of sulfonamides is 1. The van der Waals surface area contributed by atoms with Crippen LogP contribution in [-0.2, 0) is 19.6 Å². The Morgan fingerprint density at radius 1 is 1.12 bits per heavy atom. The number of benzene rings is 2. The number of nitrogens with zero attached hydrogens (tertiary/aromatic N) is 1. The van der Waals surface area contributed by atoms with Crippen LogP contribution >= 0.6 is 0 Å². The molecule has 0 bridgehead atoms. The van der Waals surface area contributed by atoms with Crippen LogP contribution in [0.3, 0.4) is 0 Å². The minimum absolute atomic E-state index is 0.103. The fraction of sp³-hybridized carbons (Fsp3) is 0.286. The first kappa shape index (κ1) is 23.6. The van der Waals surface area contributed by atoms with Crippen LogP contribution < -0.4 is 14.8 Å². The van der Waals surface area contributed by atoms with E-state index in [9.17, 15) is 22.0 Å². The van der Waals surface area contributed by atoms with Crippen molar-refractivity contribution >= 4 is 27.7 Å². The molecule has 0 radical (unpaired) electrons. The number of alkyl halides is 2. The zero-order valence-electron chi connectivity index (χ0n) is 17.2. The Morgan fingerprint density at radius 3 is 2.44 bits per heavy atom. The number of hydrogen-bond donors (Lipinski definition) is 1. The Bertz CT molecular complexity index is 1070. The molecule has 1 N–H and O–H groups in total. The van der Waals surface area contributed by atoms with Crippen LogP contribution in [-0.4, -0.2) is 58.7 Å². The highest BCUT2D eigenvalue weighted by Crippen LogP contribution is 2.31.